The highest BCUT2D eigenvalue weighted by Crippen LogP contribution is 2.22. The molecule has 0 heterocycles. The second-order valence-electron chi connectivity index (χ2n) is 7.82. The molecule has 6 nitrogen and oxygen atoms in total. The minimum Gasteiger partial charge on any atom is -0.321 e. The van der Waals surface area contributed by atoms with Crippen molar-refractivity contribution >= 4 is 51.4 Å². The fourth-order valence-electron chi connectivity index (χ4n) is 3.18. The van der Waals surface area contributed by atoms with Crippen LogP contribution in [0.4, 0.5) is 5.69 Å². The van der Waals surface area contributed by atoms with Crippen LogP contribution in [0.1, 0.15) is 44.3 Å². The van der Waals surface area contributed by atoms with Gasteiger partial charge in [0.05, 0.1) is 17.5 Å². The van der Waals surface area contributed by atoms with Crippen LogP contribution < -0.4 is 16.1 Å². The van der Waals surface area contributed by atoms with Crippen molar-refractivity contribution in [2.24, 2.45) is 5.10 Å². The molecule has 182 valence electrons. The average Bonchev–Trinajstić information content (AvgIpc) is 2.86. The Morgan fingerprint density at radius 3 is 2.46 bits per heavy atom. The van der Waals surface area contributed by atoms with Crippen LogP contribution in [0.2, 0.25) is 0 Å². The summed E-state index contributed by atoms with van der Waals surface area (Å²) in [4.78, 5) is 25.6. The molecule has 0 aliphatic rings. The van der Waals surface area contributed by atoms with Crippen molar-refractivity contribution in [1.82, 2.24) is 10.7 Å². The number of aryl methyl sites for hydroxylation is 1. The Bertz CT molecular complexity index is 1160. The fourth-order valence-corrected chi connectivity index (χ4v) is 4.12. The molecule has 0 aromatic heterocycles. The van der Waals surface area contributed by atoms with E-state index in [1.54, 1.807) is 36.5 Å². The van der Waals surface area contributed by atoms with E-state index in [1.165, 1.54) is 0 Å². The van der Waals surface area contributed by atoms with Crippen LogP contribution in [0.3, 0.4) is 0 Å². The van der Waals surface area contributed by atoms with Gasteiger partial charge in [0.1, 0.15) is 0 Å². The minimum atomic E-state index is -0.423. The van der Waals surface area contributed by atoms with Crippen molar-refractivity contribution < 1.29 is 9.59 Å². The number of hydrogen-bond acceptors (Lipinski definition) is 5. The lowest BCUT2D eigenvalue weighted by Crippen LogP contribution is -2.21. The standard InChI is InChI=1S/C27H29BrN4O2S/c1-3-35-15-14-29-17-20-8-10-22(11-9-20)26(33)31-25-13-12-23(28)16-24(25)27(34)32-30-18-21-6-4-19(2)5-7-21/h4-13,16,18,29H,3,14-15,17H2,1-2H3,(H,31,33)(H,32,34). The number of hydrazone groups is 1. The Morgan fingerprint density at radius 2 is 1.74 bits per heavy atom. The van der Waals surface area contributed by atoms with E-state index in [2.05, 4.69) is 44.0 Å². The van der Waals surface area contributed by atoms with E-state index >= 15 is 0 Å². The Morgan fingerprint density at radius 1 is 1.00 bits per heavy atom. The van der Waals surface area contributed by atoms with Gasteiger partial charge in [0.25, 0.3) is 11.8 Å². The van der Waals surface area contributed by atoms with E-state index in [4.69, 9.17) is 0 Å². The second-order valence-corrected chi connectivity index (χ2v) is 10.1. The third-order valence-corrected chi connectivity index (χ3v) is 6.50. The van der Waals surface area contributed by atoms with E-state index < -0.39 is 5.91 Å². The number of carbonyl (C=O) groups excluding carboxylic acids is 2. The number of carbonyl (C=O) groups is 2. The van der Waals surface area contributed by atoms with E-state index in [0.29, 0.717) is 16.8 Å². The molecule has 0 aliphatic heterocycles. The van der Waals surface area contributed by atoms with Crippen LogP contribution >= 0.6 is 27.7 Å². The topological polar surface area (TPSA) is 82.6 Å². The number of rotatable bonds is 11. The van der Waals surface area contributed by atoms with Crippen molar-refractivity contribution in [1.29, 1.82) is 0 Å². The van der Waals surface area contributed by atoms with E-state index in [-0.39, 0.29) is 5.91 Å². The smallest absolute Gasteiger partial charge is 0.273 e. The van der Waals surface area contributed by atoms with Gasteiger partial charge in [-0.2, -0.15) is 16.9 Å². The van der Waals surface area contributed by atoms with Crippen LogP contribution in [-0.4, -0.2) is 36.1 Å². The van der Waals surface area contributed by atoms with Gasteiger partial charge < -0.3 is 10.6 Å². The number of anilines is 1. The monoisotopic (exact) mass is 552 g/mol. The Kier molecular flexibility index (Phi) is 10.5. The van der Waals surface area contributed by atoms with Gasteiger partial charge >= 0.3 is 0 Å². The average molecular weight is 554 g/mol. The van der Waals surface area contributed by atoms with Gasteiger partial charge in [-0.15, -0.1) is 0 Å². The predicted molar refractivity (Wildman–Crippen MR) is 149 cm³/mol. The molecule has 0 saturated carbocycles. The summed E-state index contributed by atoms with van der Waals surface area (Å²) < 4.78 is 0.720. The lowest BCUT2D eigenvalue weighted by atomic mass is 10.1. The summed E-state index contributed by atoms with van der Waals surface area (Å²) in [6.07, 6.45) is 1.58. The highest BCUT2D eigenvalue weighted by atomic mass is 79.9. The third kappa shape index (κ3) is 8.65. The molecule has 0 bridgehead atoms. The van der Waals surface area contributed by atoms with Gasteiger partial charge in [-0.1, -0.05) is 64.8 Å². The summed E-state index contributed by atoms with van der Waals surface area (Å²) in [5.41, 5.74) is 6.88. The van der Waals surface area contributed by atoms with Crippen molar-refractivity contribution in [2.75, 3.05) is 23.4 Å². The van der Waals surface area contributed by atoms with Crippen LogP contribution in [0, 0.1) is 6.92 Å². The van der Waals surface area contributed by atoms with Crippen LogP contribution in [0.25, 0.3) is 0 Å². The Labute approximate surface area is 219 Å². The molecule has 8 heteroatoms. The lowest BCUT2D eigenvalue weighted by Gasteiger charge is -2.11. The first kappa shape index (κ1) is 26.7. The number of amides is 2. The van der Waals surface area contributed by atoms with E-state index in [9.17, 15) is 9.59 Å². The van der Waals surface area contributed by atoms with Crippen LogP contribution in [0.15, 0.2) is 76.3 Å². The second kappa shape index (κ2) is 13.8. The fraction of sp³-hybridized carbons (Fsp3) is 0.222. The number of benzene rings is 3. The van der Waals surface area contributed by atoms with Crippen molar-refractivity contribution in [3.63, 3.8) is 0 Å². The largest absolute Gasteiger partial charge is 0.321 e. The maximum absolute atomic E-state index is 12.8. The number of halogens is 1. The molecule has 3 N–H and O–H groups in total. The van der Waals surface area contributed by atoms with E-state index in [0.717, 1.165) is 45.8 Å². The number of thioether (sulfide) groups is 1. The molecule has 2 amide bonds. The normalized spacial score (nSPS) is 10.9. The first-order valence-electron chi connectivity index (χ1n) is 11.3. The van der Waals surface area contributed by atoms with Gasteiger partial charge in [0, 0.05) is 28.9 Å². The zero-order valence-electron chi connectivity index (χ0n) is 19.8. The van der Waals surface area contributed by atoms with Crippen molar-refractivity contribution in [3.05, 3.63) is 99.0 Å². The van der Waals surface area contributed by atoms with Gasteiger partial charge in [0.15, 0.2) is 0 Å². The Hall–Kier alpha value is -2.94. The van der Waals surface area contributed by atoms with Gasteiger partial charge in [-0.25, -0.2) is 5.43 Å². The van der Waals surface area contributed by atoms with Crippen molar-refractivity contribution in [3.8, 4) is 0 Å². The third-order valence-electron chi connectivity index (χ3n) is 5.10. The highest BCUT2D eigenvalue weighted by molar-refractivity contribution is 9.10. The molecule has 0 saturated heterocycles. The Balaban J connectivity index is 1.62. The number of nitrogens with zero attached hydrogens (tertiary/aromatic N) is 1. The molecule has 0 aliphatic carbocycles. The first-order valence-corrected chi connectivity index (χ1v) is 13.3. The molecule has 3 aromatic rings. The summed E-state index contributed by atoms with van der Waals surface area (Å²) in [6.45, 7) is 5.86. The molecule has 0 fully saturated rings. The van der Waals surface area contributed by atoms with Crippen LogP contribution in [-0.2, 0) is 6.54 Å². The van der Waals surface area contributed by atoms with Crippen molar-refractivity contribution in [2.45, 2.75) is 20.4 Å². The SMILES string of the molecule is CCSCCNCc1ccc(C(=O)Nc2ccc(Br)cc2C(=O)NN=Cc2ccc(C)cc2)cc1. The quantitative estimate of drug-likeness (QED) is 0.164. The highest BCUT2D eigenvalue weighted by Gasteiger charge is 2.15. The number of hydrogen-bond donors (Lipinski definition) is 3. The molecule has 0 atom stereocenters. The zero-order chi connectivity index (χ0) is 25.0. The first-order chi connectivity index (χ1) is 17.0. The summed E-state index contributed by atoms with van der Waals surface area (Å²) in [5.74, 6) is 1.49. The maximum Gasteiger partial charge on any atom is 0.273 e. The van der Waals surface area contributed by atoms with Gasteiger partial charge in [-0.3, -0.25) is 9.59 Å². The minimum absolute atomic E-state index is 0.289. The van der Waals surface area contributed by atoms with Crippen LogP contribution in [0.5, 0.6) is 0 Å². The molecule has 0 unspecified atom stereocenters. The lowest BCUT2D eigenvalue weighted by molar-refractivity contribution is 0.0956. The summed E-state index contributed by atoms with van der Waals surface area (Å²) in [7, 11) is 0. The molecule has 0 radical (unpaired) electrons. The maximum atomic E-state index is 12.8. The summed E-state index contributed by atoms with van der Waals surface area (Å²) >= 11 is 5.29. The molecule has 35 heavy (non-hydrogen) atoms. The molecule has 3 rings (SSSR count). The molecule has 3 aromatic carbocycles. The molecular weight excluding hydrogens is 524 g/mol. The zero-order valence-corrected chi connectivity index (χ0v) is 22.2. The number of nitrogens with one attached hydrogen (secondary N) is 3. The van der Waals surface area contributed by atoms with E-state index in [1.807, 2.05) is 55.1 Å². The summed E-state index contributed by atoms with van der Waals surface area (Å²) in [5, 5.41) is 10.3. The summed E-state index contributed by atoms with van der Waals surface area (Å²) in [6, 6.07) is 20.3. The van der Waals surface area contributed by atoms with Gasteiger partial charge in [0.2, 0.25) is 0 Å². The van der Waals surface area contributed by atoms with Gasteiger partial charge in [-0.05, 0) is 54.1 Å². The molecule has 0 spiro atoms. The molecular formula is C27H29BrN4O2S. The predicted octanol–water partition coefficient (Wildman–Crippen LogP) is 5.62.